The van der Waals surface area contributed by atoms with Crippen molar-refractivity contribution in [2.24, 2.45) is 11.8 Å². The summed E-state index contributed by atoms with van der Waals surface area (Å²) in [7, 11) is 0. The van der Waals surface area contributed by atoms with Crippen LogP contribution in [0.5, 0.6) is 0 Å². The van der Waals surface area contributed by atoms with Crippen LogP contribution in [0.4, 0.5) is 10.5 Å². The first-order valence-corrected chi connectivity index (χ1v) is 10.2. The highest BCUT2D eigenvalue weighted by molar-refractivity contribution is 5.88. The van der Waals surface area contributed by atoms with Crippen LogP contribution in [0.1, 0.15) is 59.6 Å². The number of rotatable bonds is 6. The third-order valence-electron chi connectivity index (χ3n) is 5.46. The minimum atomic E-state index is -0.177. The van der Waals surface area contributed by atoms with Gasteiger partial charge in [-0.1, -0.05) is 26.0 Å². The number of nitrogens with zero attached hydrogens (tertiary/aromatic N) is 1. The molecule has 1 aliphatic rings. The van der Waals surface area contributed by atoms with Crippen LogP contribution in [0.3, 0.4) is 0 Å². The molecule has 6 heteroatoms. The summed E-state index contributed by atoms with van der Waals surface area (Å²) < 4.78 is 0. The SMILES string of the molecule is CC(=O)Nc1cccc(C(C)NC(=O)NCC(C)(C)N2CC(C)CC(C)C2)c1. The Balaban J connectivity index is 1.88. The Kier molecular flexibility index (Phi) is 7.47. The molecular formula is C22H36N4O2. The summed E-state index contributed by atoms with van der Waals surface area (Å²) in [5, 5.41) is 8.79. The third kappa shape index (κ3) is 6.51. The van der Waals surface area contributed by atoms with E-state index in [0.29, 0.717) is 18.4 Å². The molecule has 3 unspecified atom stereocenters. The quantitative estimate of drug-likeness (QED) is 0.695. The fourth-order valence-corrected chi connectivity index (χ4v) is 3.99. The van der Waals surface area contributed by atoms with Crippen molar-refractivity contribution in [1.29, 1.82) is 0 Å². The van der Waals surface area contributed by atoms with Crippen LogP contribution in [-0.2, 0) is 4.79 Å². The Labute approximate surface area is 169 Å². The molecule has 2 rings (SSSR count). The lowest BCUT2D eigenvalue weighted by atomic mass is 9.88. The summed E-state index contributed by atoms with van der Waals surface area (Å²) in [6.45, 7) is 15.2. The number of likely N-dealkylation sites (tertiary alicyclic amines) is 1. The van der Waals surface area contributed by atoms with E-state index in [0.717, 1.165) is 24.3 Å². The van der Waals surface area contributed by atoms with Crippen molar-refractivity contribution in [3.63, 3.8) is 0 Å². The Hall–Kier alpha value is -2.08. The summed E-state index contributed by atoms with van der Waals surface area (Å²) in [6.07, 6.45) is 1.27. The average Bonchev–Trinajstić information content (AvgIpc) is 2.59. The van der Waals surface area contributed by atoms with Gasteiger partial charge in [0.25, 0.3) is 0 Å². The molecule has 1 aliphatic heterocycles. The van der Waals surface area contributed by atoms with Crippen molar-refractivity contribution in [3.8, 4) is 0 Å². The van der Waals surface area contributed by atoms with Gasteiger partial charge in [-0.15, -0.1) is 0 Å². The predicted octanol–water partition coefficient (Wildman–Crippen LogP) is 3.76. The Morgan fingerprint density at radius 1 is 1.21 bits per heavy atom. The molecule has 0 aromatic heterocycles. The van der Waals surface area contributed by atoms with Gasteiger partial charge in [0, 0.05) is 37.8 Å². The van der Waals surface area contributed by atoms with Crippen LogP contribution in [0.25, 0.3) is 0 Å². The maximum absolute atomic E-state index is 12.4. The van der Waals surface area contributed by atoms with E-state index < -0.39 is 0 Å². The number of benzene rings is 1. The fourth-order valence-electron chi connectivity index (χ4n) is 3.99. The maximum Gasteiger partial charge on any atom is 0.315 e. The lowest BCUT2D eigenvalue weighted by Gasteiger charge is -2.45. The Morgan fingerprint density at radius 2 is 1.86 bits per heavy atom. The summed E-state index contributed by atoms with van der Waals surface area (Å²) >= 11 is 0. The molecule has 6 nitrogen and oxygen atoms in total. The number of urea groups is 1. The molecule has 0 radical (unpaired) electrons. The number of amides is 3. The minimum absolute atomic E-state index is 0.0885. The van der Waals surface area contributed by atoms with E-state index >= 15 is 0 Å². The first kappa shape index (κ1) is 22.2. The zero-order valence-corrected chi connectivity index (χ0v) is 18.1. The summed E-state index contributed by atoms with van der Waals surface area (Å²) in [5.41, 5.74) is 1.59. The maximum atomic E-state index is 12.4. The van der Waals surface area contributed by atoms with Gasteiger partial charge in [0.05, 0.1) is 6.04 Å². The highest BCUT2D eigenvalue weighted by Gasteiger charge is 2.32. The largest absolute Gasteiger partial charge is 0.336 e. The van der Waals surface area contributed by atoms with Crippen LogP contribution in [-0.4, -0.2) is 42.0 Å². The minimum Gasteiger partial charge on any atom is -0.336 e. The number of hydrogen-bond donors (Lipinski definition) is 3. The fraction of sp³-hybridized carbons (Fsp3) is 0.636. The van der Waals surface area contributed by atoms with Gasteiger partial charge in [-0.05, 0) is 56.7 Å². The van der Waals surface area contributed by atoms with Gasteiger partial charge < -0.3 is 16.0 Å². The standard InChI is InChI=1S/C22H36N4O2/c1-15-10-16(2)13-26(12-15)22(5,6)14-23-21(28)24-17(3)19-8-7-9-20(11-19)25-18(4)27/h7-9,11,15-17H,10,12-14H2,1-6H3,(H,25,27)(H2,23,24,28). The Bertz CT molecular complexity index is 679. The lowest BCUT2D eigenvalue weighted by molar-refractivity contribution is -0.114. The van der Waals surface area contributed by atoms with Crippen LogP contribution in [0.15, 0.2) is 24.3 Å². The molecule has 1 aromatic rings. The van der Waals surface area contributed by atoms with E-state index in [9.17, 15) is 9.59 Å². The number of anilines is 1. The number of carbonyl (C=O) groups excluding carboxylic acids is 2. The predicted molar refractivity (Wildman–Crippen MR) is 114 cm³/mol. The zero-order chi connectivity index (χ0) is 20.9. The number of hydrogen-bond acceptors (Lipinski definition) is 3. The number of carbonyl (C=O) groups is 2. The molecule has 0 aliphatic carbocycles. The Morgan fingerprint density at radius 3 is 2.46 bits per heavy atom. The molecule has 0 saturated carbocycles. The van der Waals surface area contributed by atoms with Crippen molar-refractivity contribution in [2.45, 2.75) is 59.5 Å². The zero-order valence-electron chi connectivity index (χ0n) is 18.1. The molecule has 1 fully saturated rings. The van der Waals surface area contributed by atoms with Crippen molar-refractivity contribution < 1.29 is 9.59 Å². The second-order valence-electron chi connectivity index (χ2n) is 9.02. The van der Waals surface area contributed by atoms with E-state index in [1.807, 2.05) is 31.2 Å². The van der Waals surface area contributed by atoms with Gasteiger partial charge in [-0.25, -0.2) is 4.79 Å². The normalized spacial score (nSPS) is 21.6. The van der Waals surface area contributed by atoms with E-state index in [1.165, 1.54) is 13.3 Å². The van der Waals surface area contributed by atoms with Crippen LogP contribution < -0.4 is 16.0 Å². The molecule has 1 aromatic carbocycles. The summed E-state index contributed by atoms with van der Waals surface area (Å²) in [6, 6.07) is 7.19. The van der Waals surface area contributed by atoms with Gasteiger partial charge >= 0.3 is 6.03 Å². The van der Waals surface area contributed by atoms with Crippen molar-refractivity contribution in [3.05, 3.63) is 29.8 Å². The average molecular weight is 389 g/mol. The van der Waals surface area contributed by atoms with Crippen LogP contribution in [0.2, 0.25) is 0 Å². The summed E-state index contributed by atoms with van der Waals surface area (Å²) in [5.74, 6) is 1.26. The highest BCUT2D eigenvalue weighted by Crippen LogP contribution is 2.27. The van der Waals surface area contributed by atoms with Crippen LogP contribution in [0, 0.1) is 11.8 Å². The second-order valence-corrected chi connectivity index (χ2v) is 9.02. The molecular weight excluding hydrogens is 352 g/mol. The molecule has 1 saturated heterocycles. The first-order valence-electron chi connectivity index (χ1n) is 10.2. The molecule has 3 amide bonds. The lowest BCUT2D eigenvalue weighted by Crippen LogP contribution is -2.57. The van der Waals surface area contributed by atoms with E-state index in [2.05, 4.69) is 48.5 Å². The van der Waals surface area contributed by atoms with Crippen molar-refractivity contribution in [2.75, 3.05) is 25.0 Å². The van der Waals surface area contributed by atoms with Crippen molar-refractivity contribution in [1.82, 2.24) is 15.5 Å². The number of piperidine rings is 1. The first-order chi connectivity index (χ1) is 13.1. The van der Waals surface area contributed by atoms with Crippen LogP contribution >= 0.6 is 0 Å². The van der Waals surface area contributed by atoms with E-state index in [1.54, 1.807) is 0 Å². The molecule has 28 heavy (non-hydrogen) atoms. The topological polar surface area (TPSA) is 73.5 Å². The molecule has 1 heterocycles. The van der Waals surface area contributed by atoms with E-state index in [-0.39, 0.29) is 23.5 Å². The molecule has 3 atom stereocenters. The summed E-state index contributed by atoms with van der Waals surface area (Å²) in [4.78, 5) is 26.2. The molecule has 3 N–H and O–H groups in total. The van der Waals surface area contributed by atoms with Gasteiger partial charge in [0.2, 0.25) is 5.91 Å². The van der Waals surface area contributed by atoms with E-state index in [4.69, 9.17) is 0 Å². The van der Waals surface area contributed by atoms with Gasteiger partial charge in [-0.3, -0.25) is 9.69 Å². The van der Waals surface area contributed by atoms with Gasteiger partial charge in [-0.2, -0.15) is 0 Å². The van der Waals surface area contributed by atoms with Gasteiger partial charge in [0.1, 0.15) is 0 Å². The number of nitrogens with one attached hydrogen (secondary N) is 3. The van der Waals surface area contributed by atoms with Gasteiger partial charge in [0.15, 0.2) is 0 Å². The monoisotopic (exact) mass is 388 g/mol. The third-order valence-corrected chi connectivity index (χ3v) is 5.46. The second kappa shape index (κ2) is 9.41. The smallest absolute Gasteiger partial charge is 0.315 e. The highest BCUT2D eigenvalue weighted by atomic mass is 16.2. The molecule has 0 spiro atoms. The molecule has 156 valence electrons. The molecule has 0 bridgehead atoms. The van der Waals surface area contributed by atoms with Crippen molar-refractivity contribution >= 4 is 17.6 Å².